The molecule has 4 nitrogen and oxygen atoms in total. The Morgan fingerprint density at radius 1 is 0.912 bits per heavy atom. The van der Waals surface area contributed by atoms with Gasteiger partial charge < -0.3 is 15.1 Å². The summed E-state index contributed by atoms with van der Waals surface area (Å²) in [5.74, 6) is 0. The van der Waals surface area contributed by atoms with Crippen LogP contribution in [0.4, 0.5) is 17.1 Å². The third kappa shape index (κ3) is 5.03. The van der Waals surface area contributed by atoms with Gasteiger partial charge in [0.15, 0.2) is 0 Å². The molecule has 0 amide bonds. The predicted molar refractivity (Wildman–Crippen MR) is 145 cm³/mol. The molecule has 174 valence electrons. The monoisotopic (exact) mass is 470 g/mol. The molecule has 0 radical (unpaired) electrons. The highest BCUT2D eigenvalue weighted by atomic mass is 35.5. The fourth-order valence-electron chi connectivity index (χ4n) is 4.88. The molecule has 1 aliphatic heterocycles. The third-order valence-electron chi connectivity index (χ3n) is 6.66. The number of nitrogens with zero attached hydrogens (tertiary/aromatic N) is 3. The lowest BCUT2D eigenvalue weighted by atomic mass is 10.0. The van der Waals surface area contributed by atoms with Crippen LogP contribution in [0.1, 0.15) is 17.5 Å². The van der Waals surface area contributed by atoms with Gasteiger partial charge in [-0.3, -0.25) is 4.98 Å². The second-order valence-electron chi connectivity index (χ2n) is 9.01. The molecule has 2 heterocycles. The van der Waals surface area contributed by atoms with Gasteiger partial charge in [0.1, 0.15) is 0 Å². The Morgan fingerprint density at radius 2 is 1.62 bits per heavy atom. The molecular formula is C29H31ClN4. The first-order valence-electron chi connectivity index (χ1n) is 12.1. The second kappa shape index (κ2) is 10.5. The zero-order valence-electron chi connectivity index (χ0n) is 19.7. The number of benzene rings is 3. The van der Waals surface area contributed by atoms with E-state index >= 15 is 0 Å². The van der Waals surface area contributed by atoms with E-state index in [-0.39, 0.29) is 0 Å². The molecule has 0 atom stereocenters. The smallest absolute Gasteiger partial charge is 0.0737 e. The number of pyridine rings is 1. The molecule has 4 aromatic rings. The van der Waals surface area contributed by atoms with Crippen LogP contribution < -0.4 is 10.2 Å². The van der Waals surface area contributed by atoms with Crippen molar-refractivity contribution >= 4 is 39.6 Å². The SMILES string of the molecule is CN(CCCN1c2ccccc2CCc2ccccc21)CCNc1ccnc2cc(Cl)ccc12. The summed E-state index contributed by atoms with van der Waals surface area (Å²) >= 11 is 6.12. The highest BCUT2D eigenvalue weighted by molar-refractivity contribution is 6.31. The number of aryl methyl sites for hydroxylation is 2. The largest absolute Gasteiger partial charge is 0.383 e. The van der Waals surface area contributed by atoms with Crippen molar-refractivity contribution in [2.45, 2.75) is 19.3 Å². The Labute approximate surface area is 207 Å². The highest BCUT2D eigenvalue weighted by Gasteiger charge is 2.19. The molecule has 0 saturated carbocycles. The van der Waals surface area contributed by atoms with Crippen LogP contribution in [0.15, 0.2) is 79.0 Å². The van der Waals surface area contributed by atoms with Crippen LogP contribution in [0.25, 0.3) is 10.9 Å². The van der Waals surface area contributed by atoms with Crippen molar-refractivity contribution in [1.82, 2.24) is 9.88 Å². The summed E-state index contributed by atoms with van der Waals surface area (Å²) < 4.78 is 0. The first kappa shape index (κ1) is 22.7. The van der Waals surface area contributed by atoms with Gasteiger partial charge in [0.05, 0.1) is 5.52 Å². The predicted octanol–water partition coefficient (Wildman–Crippen LogP) is 6.56. The molecule has 0 aliphatic carbocycles. The topological polar surface area (TPSA) is 31.4 Å². The summed E-state index contributed by atoms with van der Waals surface area (Å²) in [5, 5.41) is 5.40. The van der Waals surface area contributed by atoms with Gasteiger partial charge in [-0.05, 0) is 80.4 Å². The summed E-state index contributed by atoms with van der Waals surface area (Å²) in [5.41, 5.74) is 7.64. The summed E-state index contributed by atoms with van der Waals surface area (Å²) in [6, 6.07) is 25.7. The summed E-state index contributed by atoms with van der Waals surface area (Å²) in [7, 11) is 2.20. The van der Waals surface area contributed by atoms with E-state index in [9.17, 15) is 0 Å². The second-order valence-corrected chi connectivity index (χ2v) is 9.45. The fourth-order valence-corrected chi connectivity index (χ4v) is 5.04. The van der Waals surface area contributed by atoms with Gasteiger partial charge in [-0.25, -0.2) is 0 Å². The maximum Gasteiger partial charge on any atom is 0.0737 e. The number of hydrogen-bond donors (Lipinski definition) is 1. The minimum Gasteiger partial charge on any atom is -0.383 e. The number of aromatic nitrogens is 1. The van der Waals surface area contributed by atoms with Crippen molar-refractivity contribution in [3.05, 3.63) is 95.1 Å². The molecule has 5 rings (SSSR count). The number of fused-ring (bicyclic) bond motifs is 3. The van der Waals surface area contributed by atoms with Crippen LogP contribution in [0.3, 0.4) is 0 Å². The van der Waals surface area contributed by atoms with Gasteiger partial charge in [0.2, 0.25) is 0 Å². The van der Waals surface area contributed by atoms with Crippen LogP contribution in [-0.2, 0) is 12.8 Å². The number of likely N-dealkylation sites (N-methyl/N-ethyl adjacent to an activating group) is 1. The van der Waals surface area contributed by atoms with E-state index in [1.165, 1.54) is 22.5 Å². The molecule has 0 unspecified atom stereocenters. The maximum absolute atomic E-state index is 6.12. The lowest BCUT2D eigenvalue weighted by Crippen LogP contribution is -2.29. The van der Waals surface area contributed by atoms with Crippen molar-refractivity contribution in [2.24, 2.45) is 0 Å². The number of para-hydroxylation sites is 2. The number of anilines is 3. The molecule has 5 heteroatoms. The van der Waals surface area contributed by atoms with E-state index in [1.807, 2.05) is 30.5 Å². The molecule has 1 aliphatic rings. The Bertz CT molecular complexity index is 1220. The standard InChI is InChI=1S/C29H31ClN4/c1-33(20-17-32-26-15-16-31-27-21-24(30)13-14-25(26)27)18-6-19-34-28-9-4-2-7-22(28)11-12-23-8-3-5-10-29(23)34/h2-5,7-10,13-16,21H,6,11-12,17-20H2,1H3,(H,31,32). The average molecular weight is 471 g/mol. The molecule has 0 spiro atoms. The fraction of sp³-hybridized carbons (Fsp3) is 0.276. The average Bonchev–Trinajstić information content (AvgIpc) is 3.01. The van der Waals surface area contributed by atoms with Gasteiger partial charge in [-0.1, -0.05) is 48.0 Å². The quantitative estimate of drug-likeness (QED) is 0.316. The van der Waals surface area contributed by atoms with Gasteiger partial charge >= 0.3 is 0 Å². The minimum atomic E-state index is 0.714. The van der Waals surface area contributed by atoms with Crippen LogP contribution in [0.2, 0.25) is 5.02 Å². The summed E-state index contributed by atoms with van der Waals surface area (Å²) in [4.78, 5) is 9.36. The van der Waals surface area contributed by atoms with Gasteiger partial charge in [-0.2, -0.15) is 0 Å². The summed E-state index contributed by atoms with van der Waals surface area (Å²) in [6.45, 7) is 3.93. The van der Waals surface area contributed by atoms with E-state index in [1.54, 1.807) is 0 Å². The molecular weight excluding hydrogens is 440 g/mol. The normalized spacial score (nSPS) is 13.0. The number of nitrogens with one attached hydrogen (secondary N) is 1. The van der Waals surface area contributed by atoms with E-state index < -0.39 is 0 Å². The van der Waals surface area contributed by atoms with E-state index in [0.717, 1.165) is 62.0 Å². The Balaban J connectivity index is 1.18. The van der Waals surface area contributed by atoms with Gasteiger partial charge in [-0.15, -0.1) is 0 Å². The molecule has 34 heavy (non-hydrogen) atoms. The van der Waals surface area contributed by atoms with Gasteiger partial charge in [0.25, 0.3) is 0 Å². The first-order chi connectivity index (χ1) is 16.7. The first-order valence-corrected chi connectivity index (χ1v) is 12.5. The van der Waals surface area contributed by atoms with Crippen molar-refractivity contribution in [3.63, 3.8) is 0 Å². The van der Waals surface area contributed by atoms with Crippen molar-refractivity contribution in [2.75, 3.05) is 43.4 Å². The molecule has 0 fully saturated rings. The van der Waals surface area contributed by atoms with E-state index in [0.29, 0.717) is 5.02 Å². The Morgan fingerprint density at radius 3 is 2.35 bits per heavy atom. The van der Waals surface area contributed by atoms with Crippen LogP contribution in [0, 0.1) is 0 Å². The van der Waals surface area contributed by atoms with Crippen molar-refractivity contribution < 1.29 is 0 Å². The Kier molecular flexibility index (Phi) is 6.98. The molecule has 0 saturated heterocycles. The van der Waals surface area contributed by atoms with Crippen LogP contribution >= 0.6 is 11.6 Å². The minimum absolute atomic E-state index is 0.714. The highest BCUT2D eigenvalue weighted by Crippen LogP contribution is 2.35. The number of halogens is 1. The zero-order valence-corrected chi connectivity index (χ0v) is 20.4. The van der Waals surface area contributed by atoms with Crippen molar-refractivity contribution in [1.29, 1.82) is 0 Å². The van der Waals surface area contributed by atoms with E-state index in [4.69, 9.17) is 11.6 Å². The summed E-state index contributed by atoms with van der Waals surface area (Å²) in [6.07, 6.45) is 5.15. The molecule has 1 aromatic heterocycles. The van der Waals surface area contributed by atoms with Gasteiger partial charge in [0, 0.05) is 53.3 Å². The zero-order chi connectivity index (χ0) is 23.3. The Hall–Kier alpha value is -3.08. The molecule has 3 aromatic carbocycles. The van der Waals surface area contributed by atoms with Crippen LogP contribution in [-0.4, -0.2) is 43.1 Å². The van der Waals surface area contributed by atoms with Crippen molar-refractivity contribution in [3.8, 4) is 0 Å². The molecule has 0 bridgehead atoms. The number of rotatable bonds is 8. The number of hydrogen-bond acceptors (Lipinski definition) is 4. The van der Waals surface area contributed by atoms with Crippen LogP contribution in [0.5, 0.6) is 0 Å². The third-order valence-corrected chi connectivity index (χ3v) is 6.90. The van der Waals surface area contributed by atoms with E-state index in [2.05, 4.69) is 75.7 Å². The molecule has 1 N–H and O–H groups in total. The lowest BCUT2D eigenvalue weighted by molar-refractivity contribution is 0.344. The maximum atomic E-state index is 6.12. The lowest BCUT2D eigenvalue weighted by Gasteiger charge is -2.28.